The van der Waals surface area contributed by atoms with Crippen molar-refractivity contribution in [2.45, 2.75) is 18.6 Å². The molecule has 0 aliphatic carbocycles. The molecule has 0 atom stereocenters. The number of rotatable bonds is 6. The van der Waals surface area contributed by atoms with E-state index in [1.54, 1.807) is 0 Å². The van der Waals surface area contributed by atoms with Gasteiger partial charge in [0.05, 0.1) is 5.75 Å². The van der Waals surface area contributed by atoms with Crippen molar-refractivity contribution in [1.82, 2.24) is 10.2 Å². The minimum atomic E-state index is 0.0462. The molecule has 1 aromatic heterocycles. The number of aryl methyl sites for hydroxylation is 1. The van der Waals surface area contributed by atoms with Crippen LogP contribution in [0.3, 0.4) is 0 Å². The Labute approximate surface area is 152 Å². The molecule has 0 N–H and O–H groups in total. The average Bonchev–Trinajstić information content (AvgIpc) is 3.09. The number of ketones is 1. The molecular weight excluding hydrogens is 388 g/mol. The van der Waals surface area contributed by atoms with Gasteiger partial charge in [-0.2, -0.15) is 0 Å². The first-order chi connectivity index (χ1) is 11.7. The summed E-state index contributed by atoms with van der Waals surface area (Å²) in [6, 6.07) is 15.3. The number of thioether (sulfide) groups is 1. The van der Waals surface area contributed by atoms with E-state index in [0.717, 1.165) is 16.5 Å². The van der Waals surface area contributed by atoms with Crippen LogP contribution in [0.1, 0.15) is 22.8 Å². The van der Waals surface area contributed by atoms with Crippen molar-refractivity contribution < 1.29 is 9.21 Å². The molecule has 0 spiro atoms. The van der Waals surface area contributed by atoms with Crippen molar-refractivity contribution >= 4 is 33.5 Å². The van der Waals surface area contributed by atoms with Gasteiger partial charge in [0.15, 0.2) is 5.78 Å². The highest BCUT2D eigenvalue weighted by molar-refractivity contribution is 9.10. The molecular formula is C18H15BrN2O2S. The minimum absolute atomic E-state index is 0.0462. The predicted octanol–water partition coefficient (Wildman–Crippen LogP) is 5.04. The smallest absolute Gasteiger partial charge is 0.277 e. The Hall–Kier alpha value is -1.92. The van der Waals surface area contributed by atoms with Gasteiger partial charge in [-0.3, -0.25) is 4.79 Å². The molecule has 0 saturated heterocycles. The van der Waals surface area contributed by atoms with Crippen LogP contribution in [-0.2, 0) is 6.42 Å². The van der Waals surface area contributed by atoms with Crippen molar-refractivity contribution in [2.75, 3.05) is 5.75 Å². The molecule has 3 aromatic rings. The predicted molar refractivity (Wildman–Crippen MR) is 98.3 cm³/mol. The van der Waals surface area contributed by atoms with Crippen molar-refractivity contribution in [2.24, 2.45) is 0 Å². The topological polar surface area (TPSA) is 56.0 Å². The number of aromatic nitrogens is 2. The zero-order chi connectivity index (χ0) is 16.9. The number of Topliss-reactive ketones (excluding diaryl/α,β-unsaturated/α-hetero) is 1. The van der Waals surface area contributed by atoms with Crippen LogP contribution in [-0.4, -0.2) is 21.7 Å². The molecule has 0 aliphatic heterocycles. The lowest BCUT2D eigenvalue weighted by atomic mass is 10.1. The maximum absolute atomic E-state index is 12.2. The summed E-state index contributed by atoms with van der Waals surface area (Å²) in [6.45, 7) is 2.09. The molecule has 0 bridgehead atoms. The third kappa shape index (κ3) is 4.13. The summed E-state index contributed by atoms with van der Waals surface area (Å²) < 4.78 is 6.56. The van der Waals surface area contributed by atoms with Crippen LogP contribution in [0.2, 0.25) is 0 Å². The molecule has 3 rings (SSSR count). The van der Waals surface area contributed by atoms with Crippen LogP contribution >= 0.6 is 27.7 Å². The molecule has 0 aliphatic rings. The first-order valence-electron chi connectivity index (χ1n) is 7.50. The Morgan fingerprint density at radius 2 is 1.96 bits per heavy atom. The monoisotopic (exact) mass is 402 g/mol. The normalized spacial score (nSPS) is 10.8. The van der Waals surface area contributed by atoms with Crippen LogP contribution in [0.4, 0.5) is 0 Å². The van der Waals surface area contributed by atoms with E-state index in [1.807, 2.05) is 48.5 Å². The van der Waals surface area contributed by atoms with Crippen LogP contribution in [0, 0.1) is 0 Å². The summed E-state index contributed by atoms with van der Waals surface area (Å²) in [5, 5.41) is 8.42. The second-order valence-electron chi connectivity index (χ2n) is 5.15. The lowest BCUT2D eigenvalue weighted by molar-refractivity contribution is 0.102. The maximum Gasteiger partial charge on any atom is 0.277 e. The van der Waals surface area contributed by atoms with Gasteiger partial charge in [0.1, 0.15) is 0 Å². The molecule has 0 radical (unpaired) electrons. The van der Waals surface area contributed by atoms with Gasteiger partial charge in [-0.15, -0.1) is 10.2 Å². The SMILES string of the molecule is CCc1ccc(C(=O)CSc2nnc(-c3cccc(Br)c3)o2)cc1. The summed E-state index contributed by atoms with van der Waals surface area (Å²) in [4.78, 5) is 12.2. The first-order valence-corrected chi connectivity index (χ1v) is 9.28. The molecule has 6 heteroatoms. The third-order valence-corrected chi connectivity index (χ3v) is 4.80. The average molecular weight is 403 g/mol. The fourth-order valence-corrected chi connectivity index (χ4v) is 3.20. The van der Waals surface area contributed by atoms with E-state index in [4.69, 9.17) is 4.42 Å². The molecule has 24 heavy (non-hydrogen) atoms. The zero-order valence-corrected chi connectivity index (χ0v) is 15.4. The highest BCUT2D eigenvalue weighted by Gasteiger charge is 2.12. The standard InChI is InChI=1S/C18H15BrN2O2S/c1-2-12-6-8-13(9-7-12)16(22)11-24-18-21-20-17(23-18)14-4-3-5-15(19)10-14/h3-10H,2,11H2,1H3. The van der Waals surface area contributed by atoms with Gasteiger partial charge >= 0.3 is 0 Å². The van der Waals surface area contributed by atoms with Crippen molar-refractivity contribution in [3.05, 3.63) is 64.1 Å². The summed E-state index contributed by atoms with van der Waals surface area (Å²) in [5.74, 6) is 0.759. The minimum Gasteiger partial charge on any atom is -0.411 e. The third-order valence-electron chi connectivity index (χ3n) is 3.49. The lowest BCUT2D eigenvalue weighted by Gasteiger charge is -2.01. The number of nitrogens with zero attached hydrogens (tertiary/aromatic N) is 2. The number of benzene rings is 2. The van der Waals surface area contributed by atoms with Gasteiger partial charge in [-0.25, -0.2) is 0 Å². The lowest BCUT2D eigenvalue weighted by Crippen LogP contribution is -2.02. The Morgan fingerprint density at radius 1 is 1.17 bits per heavy atom. The Morgan fingerprint density at radius 3 is 2.67 bits per heavy atom. The Kier molecular flexibility index (Phi) is 5.48. The van der Waals surface area contributed by atoms with E-state index in [-0.39, 0.29) is 11.5 Å². The summed E-state index contributed by atoms with van der Waals surface area (Å²) in [6.07, 6.45) is 0.962. The summed E-state index contributed by atoms with van der Waals surface area (Å²) >= 11 is 4.66. The fourth-order valence-electron chi connectivity index (χ4n) is 2.14. The van der Waals surface area contributed by atoms with Crippen molar-refractivity contribution in [3.63, 3.8) is 0 Å². The van der Waals surface area contributed by atoms with Crippen LogP contribution in [0.5, 0.6) is 0 Å². The van der Waals surface area contributed by atoms with Gasteiger partial charge < -0.3 is 4.42 Å². The highest BCUT2D eigenvalue weighted by atomic mass is 79.9. The van der Waals surface area contributed by atoms with Gasteiger partial charge in [0, 0.05) is 15.6 Å². The van der Waals surface area contributed by atoms with E-state index in [0.29, 0.717) is 16.7 Å². The van der Waals surface area contributed by atoms with E-state index >= 15 is 0 Å². The van der Waals surface area contributed by atoms with Gasteiger partial charge in [0.25, 0.3) is 5.22 Å². The molecule has 2 aromatic carbocycles. The largest absolute Gasteiger partial charge is 0.411 e. The number of halogens is 1. The number of carbonyl (C=O) groups excluding carboxylic acids is 1. The molecule has 0 amide bonds. The zero-order valence-electron chi connectivity index (χ0n) is 13.0. The highest BCUT2D eigenvalue weighted by Crippen LogP contribution is 2.25. The van der Waals surface area contributed by atoms with Crippen LogP contribution < -0.4 is 0 Å². The van der Waals surface area contributed by atoms with Gasteiger partial charge in [0.2, 0.25) is 5.89 Å². The quantitative estimate of drug-likeness (QED) is 0.427. The summed E-state index contributed by atoms with van der Waals surface area (Å²) in [5.41, 5.74) is 2.76. The van der Waals surface area contributed by atoms with E-state index in [9.17, 15) is 4.79 Å². The summed E-state index contributed by atoms with van der Waals surface area (Å²) in [7, 11) is 0. The van der Waals surface area contributed by atoms with Crippen LogP contribution in [0.25, 0.3) is 11.5 Å². The van der Waals surface area contributed by atoms with E-state index in [1.165, 1.54) is 17.3 Å². The maximum atomic E-state index is 12.2. The van der Waals surface area contributed by atoms with Crippen molar-refractivity contribution in [1.29, 1.82) is 0 Å². The van der Waals surface area contributed by atoms with E-state index < -0.39 is 0 Å². The molecule has 1 heterocycles. The number of hydrogen-bond acceptors (Lipinski definition) is 5. The Balaban J connectivity index is 1.63. The fraction of sp³-hybridized carbons (Fsp3) is 0.167. The van der Waals surface area contributed by atoms with Gasteiger partial charge in [-0.1, -0.05) is 64.9 Å². The second-order valence-corrected chi connectivity index (χ2v) is 6.99. The first kappa shape index (κ1) is 16.9. The molecule has 122 valence electrons. The molecule has 0 fully saturated rings. The number of hydrogen-bond donors (Lipinski definition) is 0. The molecule has 0 saturated carbocycles. The molecule has 0 unspecified atom stereocenters. The number of carbonyl (C=O) groups is 1. The molecule has 4 nitrogen and oxygen atoms in total. The van der Waals surface area contributed by atoms with Crippen molar-refractivity contribution in [3.8, 4) is 11.5 Å². The van der Waals surface area contributed by atoms with Gasteiger partial charge in [-0.05, 0) is 30.2 Å². The second kappa shape index (κ2) is 7.77. The Bertz CT molecular complexity index is 846. The van der Waals surface area contributed by atoms with Crippen LogP contribution in [0.15, 0.2) is 62.6 Å². The van der Waals surface area contributed by atoms with E-state index in [2.05, 4.69) is 33.1 Å².